The largest absolute Gasteiger partial charge is 0.268 e. The van der Waals surface area contributed by atoms with Crippen molar-refractivity contribution in [3.8, 4) is 11.3 Å². The number of aryl methyl sites for hydroxylation is 2. The molecule has 0 unspecified atom stereocenters. The molecule has 0 spiro atoms. The van der Waals surface area contributed by atoms with Gasteiger partial charge < -0.3 is 0 Å². The van der Waals surface area contributed by atoms with Crippen LogP contribution in [0.2, 0.25) is 0 Å². The van der Waals surface area contributed by atoms with E-state index in [9.17, 15) is 4.39 Å². The number of hydrogen-bond donors (Lipinski definition) is 0. The number of nitrogens with zero attached hydrogens (tertiary/aromatic N) is 2. The Bertz CT molecular complexity index is 474. The quantitative estimate of drug-likeness (QED) is 0.735. The summed E-state index contributed by atoms with van der Waals surface area (Å²) in [7, 11) is 1.89. The normalized spacial score (nSPS) is 10.6. The Hall–Kier alpha value is -1.64. The van der Waals surface area contributed by atoms with E-state index in [0.717, 1.165) is 23.2 Å². The van der Waals surface area contributed by atoms with Gasteiger partial charge in [0.1, 0.15) is 5.82 Å². The fraction of sp³-hybridized carbons (Fsp3) is 0.250. The summed E-state index contributed by atoms with van der Waals surface area (Å²) in [5.74, 6) is -0.183. The van der Waals surface area contributed by atoms with Crippen LogP contribution < -0.4 is 0 Å². The molecule has 2 rings (SSSR count). The molecule has 2 aromatic rings. The van der Waals surface area contributed by atoms with Gasteiger partial charge in [-0.05, 0) is 36.2 Å². The van der Waals surface area contributed by atoms with Crippen LogP contribution in [0.15, 0.2) is 30.5 Å². The highest BCUT2D eigenvalue weighted by molar-refractivity contribution is 5.63. The van der Waals surface area contributed by atoms with Crippen LogP contribution in [0.3, 0.4) is 0 Å². The molecule has 3 heteroatoms. The number of rotatable bonds is 2. The molecule has 1 aromatic heterocycles. The SMILES string of the molecule is CCc1cc(F)ccc1-c1ccnn1C. The van der Waals surface area contributed by atoms with Gasteiger partial charge in [0.15, 0.2) is 0 Å². The number of hydrogen-bond acceptors (Lipinski definition) is 1. The Morgan fingerprint density at radius 1 is 1.33 bits per heavy atom. The molecule has 0 radical (unpaired) electrons. The molecule has 0 amide bonds. The van der Waals surface area contributed by atoms with Crippen LogP contribution in [0.1, 0.15) is 12.5 Å². The first-order valence-electron chi connectivity index (χ1n) is 4.99. The van der Waals surface area contributed by atoms with Crippen molar-refractivity contribution in [2.24, 2.45) is 7.05 Å². The van der Waals surface area contributed by atoms with Crippen LogP contribution in [0.5, 0.6) is 0 Å². The van der Waals surface area contributed by atoms with E-state index in [2.05, 4.69) is 5.10 Å². The fourth-order valence-corrected chi connectivity index (χ4v) is 1.74. The van der Waals surface area contributed by atoms with E-state index in [1.165, 1.54) is 6.07 Å². The summed E-state index contributed by atoms with van der Waals surface area (Å²) in [4.78, 5) is 0. The van der Waals surface area contributed by atoms with Gasteiger partial charge in [-0.3, -0.25) is 4.68 Å². The van der Waals surface area contributed by atoms with Gasteiger partial charge in [0.05, 0.1) is 5.69 Å². The average molecular weight is 204 g/mol. The monoisotopic (exact) mass is 204 g/mol. The molecule has 1 aromatic carbocycles. The first-order chi connectivity index (χ1) is 7.22. The summed E-state index contributed by atoms with van der Waals surface area (Å²) < 4.78 is 14.9. The predicted octanol–water partition coefficient (Wildman–Crippen LogP) is 2.79. The minimum absolute atomic E-state index is 0.183. The molecule has 15 heavy (non-hydrogen) atoms. The molecule has 0 fully saturated rings. The number of aromatic nitrogens is 2. The third-order valence-corrected chi connectivity index (χ3v) is 2.55. The Morgan fingerprint density at radius 2 is 2.13 bits per heavy atom. The zero-order valence-corrected chi connectivity index (χ0v) is 8.87. The maximum atomic E-state index is 13.1. The van der Waals surface area contributed by atoms with Crippen LogP contribution in [0, 0.1) is 5.82 Å². The summed E-state index contributed by atoms with van der Waals surface area (Å²) in [6.45, 7) is 2.02. The van der Waals surface area contributed by atoms with Gasteiger partial charge in [0.25, 0.3) is 0 Å². The van der Waals surface area contributed by atoms with Crippen molar-refractivity contribution in [2.75, 3.05) is 0 Å². The van der Waals surface area contributed by atoms with E-state index >= 15 is 0 Å². The van der Waals surface area contributed by atoms with Crippen LogP contribution in [-0.2, 0) is 13.5 Å². The van der Waals surface area contributed by atoms with E-state index in [0.29, 0.717) is 0 Å². The fourth-order valence-electron chi connectivity index (χ4n) is 1.74. The van der Waals surface area contributed by atoms with Crippen molar-refractivity contribution >= 4 is 0 Å². The van der Waals surface area contributed by atoms with Gasteiger partial charge in [-0.25, -0.2) is 4.39 Å². The Balaban J connectivity index is 2.58. The molecule has 0 atom stereocenters. The van der Waals surface area contributed by atoms with Gasteiger partial charge in [0, 0.05) is 18.8 Å². The van der Waals surface area contributed by atoms with E-state index in [1.54, 1.807) is 16.9 Å². The summed E-state index contributed by atoms with van der Waals surface area (Å²) in [5.41, 5.74) is 3.09. The second-order valence-corrected chi connectivity index (χ2v) is 3.50. The predicted molar refractivity (Wildman–Crippen MR) is 58.0 cm³/mol. The van der Waals surface area contributed by atoms with E-state index in [-0.39, 0.29) is 5.82 Å². The van der Waals surface area contributed by atoms with Crippen molar-refractivity contribution in [1.82, 2.24) is 9.78 Å². The van der Waals surface area contributed by atoms with Crippen LogP contribution in [-0.4, -0.2) is 9.78 Å². The molecular formula is C12H13FN2. The van der Waals surface area contributed by atoms with Gasteiger partial charge in [-0.1, -0.05) is 6.92 Å². The maximum absolute atomic E-state index is 13.1. The van der Waals surface area contributed by atoms with Crippen molar-refractivity contribution in [2.45, 2.75) is 13.3 Å². The summed E-state index contributed by atoms with van der Waals surface area (Å²) in [6.07, 6.45) is 2.57. The van der Waals surface area contributed by atoms with E-state index < -0.39 is 0 Å². The molecule has 1 heterocycles. The van der Waals surface area contributed by atoms with Crippen molar-refractivity contribution in [1.29, 1.82) is 0 Å². The lowest BCUT2D eigenvalue weighted by Crippen LogP contribution is -1.96. The molecule has 78 valence electrons. The molecule has 0 saturated heterocycles. The number of halogens is 1. The standard InChI is InChI=1S/C12H13FN2/c1-3-9-8-10(13)4-5-11(9)12-6-7-14-15(12)2/h4-8H,3H2,1-2H3. The van der Waals surface area contributed by atoms with Gasteiger partial charge >= 0.3 is 0 Å². The van der Waals surface area contributed by atoms with Gasteiger partial charge in [0.2, 0.25) is 0 Å². The third kappa shape index (κ3) is 1.77. The zero-order valence-electron chi connectivity index (χ0n) is 8.87. The van der Waals surface area contributed by atoms with Crippen molar-refractivity contribution in [3.63, 3.8) is 0 Å². The van der Waals surface area contributed by atoms with Crippen LogP contribution in [0.25, 0.3) is 11.3 Å². The Kier molecular flexibility index (Phi) is 2.54. The van der Waals surface area contributed by atoms with Crippen LogP contribution >= 0.6 is 0 Å². The molecular weight excluding hydrogens is 191 g/mol. The van der Waals surface area contributed by atoms with Gasteiger partial charge in [-0.2, -0.15) is 5.10 Å². The lowest BCUT2D eigenvalue weighted by atomic mass is 10.0. The smallest absolute Gasteiger partial charge is 0.123 e. The average Bonchev–Trinajstić information content (AvgIpc) is 2.64. The minimum Gasteiger partial charge on any atom is -0.268 e. The Morgan fingerprint density at radius 3 is 2.73 bits per heavy atom. The third-order valence-electron chi connectivity index (χ3n) is 2.55. The molecule has 0 aliphatic heterocycles. The summed E-state index contributed by atoms with van der Waals surface area (Å²) in [5, 5.41) is 4.11. The highest BCUT2D eigenvalue weighted by atomic mass is 19.1. The molecule has 0 bridgehead atoms. The molecule has 0 aliphatic rings. The molecule has 0 N–H and O–H groups in total. The van der Waals surface area contributed by atoms with Crippen molar-refractivity contribution in [3.05, 3.63) is 41.8 Å². The summed E-state index contributed by atoms with van der Waals surface area (Å²) >= 11 is 0. The molecule has 2 nitrogen and oxygen atoms in total. The Labute approximate surface area is 88.4 Å². The second kappa shape index (κ2) is 3.85. The lowest BCUT2D eigenvalue weighted by Gasteiger charge is -2.08. The minimum atomic E-state index is -0.183. The summed E-state index contributed by atoms with van der Waals surface area (Å²) in [6, 6.07) is 6.82. The van der Waals surface area contributed by atoms with E-state index in [4.69, 9.17) is 0 Å². The highest BCUT2D eigenvalue weighted by Crippen LogP contribution is 2.24. The topological polar surface area (TPSA) is 17.8 Å². The lowest BCUT2D eigenvalue weighted by molar-refractivity contribution is 0.625. The maximum Gasteiger partial charge on any atom is 0.123 e. The first-order valence-corrected chi connectivity index (χ1v) is 4.99. The molecule has 0 saturated carbocycles. The van der Waals surface area contributed by atoms with Crippen molar-refractivity contribution < 1.29 is 4.39 Å². The zero-order chi connectivity index (χ0) is 10.8. The van der Waals surface area contributed by atoms with E-state index in [1.807, 2.05) is 26.1 Å². The van der Waals surface area contributed by atoms with Gasteiger partial charge in [-0.15, -0.1) is 0 Å². The molecule has 0 aliphatic carbocycles. The second-order valence-electron chi connectivity index (χ2n) is 3.50. The number of benzene rings is 1. The first kappa shape index (κ1) is 9.90. The highest BCUT2D eigenvalue weighted by Gasteiger charge is 2.07. The van der Waals surface area contributed by atoms with Crippen LogP contribution in [0.4, 0.5) is 4.39 Å².